The van der Waals surface area contributed by atoms with Gasteiger partial charge in [0, 0.05) is 12.5 Å². The highest BCUT2D eigenvalue weighted by molar-refractivity contribution is 5.66. The zero-order valence-corrected chi connectivity index (χ0v) is 10.2. The van der Waals surface area contributed by atoms with Crippen LogP contribution in [0.1, 0.15) is 25.0 Å². The van der Waals surface area contributed by atoms with Gasteiger partial charge in [-0.05, 0) is 19.3 Å². The third kappa shape index (κ3) is 3.84. The van der Waals surface area contributed by atoms with Crippen LogP contribution in [-0.2, 0) is 11.2 Å². The number of carboxylic acids is 1. The number of carbonyl (C=O) groups is 1. The third-order valence-corrected chi connectivity index (χ3v) is 2.57. The molecule has 0 aliphatic rings. The molecule has 6 nitrogen and oxygen atoms in total. The highest BCUT2D eigenvalue weighted by Gasteiger charge is 2.05. The number of aromatic nitrogens is 4. The minimum atomic E-state index is -0.797. The van der Waals surface area contributed by atoms with Crippen molar-refractivity contribution in [2.75, 3.05) is 0 Å². The largest absolute Gasteiger partial charge is 0.481 e. The standard InChI is InChI=1S/C12H13FN4O2/c13-9-5-11(7-14-6-9)17-8-10(15-16-17)3-1-2-4-12(18)19/h5-8H,1-4H2,(H,18,19). The van der Waals surface area contributed by atoms with Gasteiger partial charge in [-0.2, -0.15) is 0 Å². The first-order valence-corrected chi connectivity index (χ1v) is 5.89. The molecule has 0 aliphatic carbocycles. The molecule has 0 spiro atoms. The van der Waals surface area contributed by atoms with Crippen LogP contribution >= 0.6 is 0 Å². The number of aryl methyl sites for hydroxylation is 1. The maximum absolute atomic E-state index is 13.0. The molecular weight excluding hydrogens is 251 g/mol. The molecule has 0 saturated heterocycles. The molecule has 0 atom stereocenters. The van der Waals surface area contributed by atoms with E-state index in [9.17, 15) is 9.18 Å². The average molecular weight is 264 g/mol. The maximum Gasteiger partial charge on any atom is 0.303 e. The van der Waals surface area contributed by atoms with E-state index >= 15 is 0 Å². The topological polar surface area (TPSA) is 80.9 Å². The first-order valence-electron chi connectivity index (χ1n) is 5.89. The van der Waals surface area contributed by atoms with E-state index in [0.29, 0.717) is 18.5 Å². The van der Waals surface area contributed by atoms with Crippen molar-refractivity contribution < 1.29 is 14.3 Å². The van der Waals surface area contributed by atoms with Gasteiger partial charge in [-0.3, -0.25) is 9.78 Å². The summed E-state index contributed by atoms with van der Waals surface area (Å²) in [5.74, 6) is -1.23. The number of halogens is 1. The van der Waals surface area contributed by atoms with Gasteiger partial charge in [-0.1, -0.05) is 5.21 Å². The highest BCUT2D eigenvalue weighted by Crippen LogP contribution is 2.09. The molecule has 2 heterocycles. The SMILES string of the molecule is O=C(O)CCCCc1cn(-c2cncc(F)c2)nn1. The molecule has 19 heavy (non-hydrogen) atoms. The number of hydrogen-bond acceptors (Lipinski definition) is 4. The monoisotopic (exact) mass is 264 g/mol. The van der Waals surface area contributed by atoms with Gasteiger partial charge < -0.3 is 5.11 Å². The first kappa shape index (κ1) is 13.1. The van der Waals surface area contributed by atoms with Crippen LogP contribution in [0.5, 0.6) is 0 Å². The Balaban J connectivity index is 1.94. The van der Waals surface area contributed by atoms with Crippen molar-refractivity contribution >= 4 is 5.97 Å². The van der Waals surface area contributed by atoms with E-state index in [1.54, 1.807) is 6.20 Å². The summed E-state index contributed by atoms with van der Waals surface area (Å²) in [6.45, 7) is 0. The Hall–Kier alpha value is -2.31. The van der Waals surface area contributed by atoms with Crippen molar-refractivity contribution in [3.8, 4) is 5.69 Å². The van der Waals surface area contributed by atoms with Crippen molar-refractivity contribution in [3.63, 3.8) is 0 Å². The van der Waals surface area contributed by atoms with Crippen molar-refractivity contribution in [2.45, 2.75) is 25.7 Å². The van der Waals surface area contributed by atoms with Gasteiger partial charge in [0.2, 0.25) is 0 Å². The molecule has 0 saturated carbocycles. The van der Waals surface area contributed by atoms with E-state index in [4.69, 9.17) is 5.11 Å². The van der Waals surface area contributed by atoms with Crippen LogP contribution in [0.4, 0.5) is 4.39 Å². The number of aliphatic carboxylic acids is 1. The summed E-state index contributed by atoms with van der Waals surface area (Å²) in [5.41, 5.74) is 1.25. The Bertz CT molecular complexity index is 570. The number of carboxylic acid groups (broad SMARTS) is 1. The molecule has 2 rings (SSSR count). The van der Waals surface area contributed by atoms with Crippen LogP contribution in [0.25, 0.3) is 5.69 Å². The second-order valence-corrected chi connectivity index (χ2v) is 4.12. The van der Waals surface area contributed by atoms with Gasteiger partial charge in [0.1, 0.15) is 5.82 Å². The quantitative estimate of drug-likeness (QED) is 0.801. The van der Waals surface area contributed by atoms with Gasteiger partial charge in [0.15, 0.2) is 0 Å². The van der Waals surface area contributed by atoms with E-state index in [1.165, 1.54) is 16.9 Å². The van der Waals surface area contributed by atoms with E-state index in [0.717, 1.165) is 18.3 Å². The van der Waals surface area contributed by atoms with Gasteiger partial charge in [-0.25, -0.2) is 9.07 Å². The second-order valence-electron chi connectivity index (χ2n) is 4.12. The summed E-state index contributed by atoms with van der Waals surface area (Å²) < 4.78 is 14.5. The molecule has 0 bridgehead atoms. The summed E-state index contributed by atoms with van der Waals surface area (Å²) in [6, 6.07) is 1.32. The number of hydrogen-bond donors (Lipinski definition) is 1. The van der Waals surface area contributed by atoms with E-state index < -0.39 is 11.8 Å². The molecule has 0 radical (unpaired) electrons. The minimum absolute atomic E-state index is 0.155. The lowest BCUT2D eigenvalue weighted by Crippen LogP contribution is -1.96. The predicted octanol–water partition coefficient (Wildman–Crippen LogP) is 1.60. The lowest BCUT2D eigenvalue weighted by molar-refractivity contribution is -0.137. The summed E-state index contributed by atoms with van der Waals surface area (Å²) in [7, 11) is 0. The number of unbranched alkanes of at least 4 members (excludes halogenated alkanes) is 1. The highest BCUT2D eigenvalue weighted by atomic mass is 19.1. The number of nitrogens with zero attached hydrogens (tertiary/aromatic N) is 4. The zero-order valence-electron chi connectivity index (χ0n) is 10.2. The fourth-order valence-electron chi connectivity index (χ4n) is 1.65. The molecule has 0 amide bonds. The Morgan fingerprint density at radius 1 is 1.37 bits per heavy atom. The van der Waals surface area contributed by atoms with Gasteiger partial charge in [-0.15, -0.1) is 5.10 Å². The summed E-state index contributed by atoms with van der Waals surface area (Å²) >= 11 is 0. The lowest BCUT2D eigenvalue weighted by atomic mass is 10.1. The summed E-state index contributed by atoms with van der Waals surface area (Å²) in [6.07, 6.45) is 6.44. The van der Waals surface area contributed by atoms with Gasteiger partial charge >= 0.3 is 5.97 Å². The Morgan fingerprint density at radius 3 is 2.95 bits per heavy atom. The first-order chi connectivity index (χ1) is 9.15. The Morgan fingerprint density at radius 2 is 2.21 bits per heavy atom. The predicted molar refractivity (Wildman–Crippen MR) is 64.3 cm³/mol. The molecule has 1 N–H and O–H groups in total. The van der Waals surface area contributed by atoms with E-state index in [-0.39, 0.29) is 6.42 Å². The van der Waals surface area contributed by atoms with Crippen LogP contribution in [0.15, 0.2) is 24.7 Å². The van der Waals surface area contributed by atoms with Crippen LogP contribution < -0.4 is 0 Å². The zero-order chi connectivity index (χ0) is 13.7. The lowest BCUT2D eigenvalue weighted by Gasteiger charge is -1.98. The molecule has 0 unspecified atom stereocenters. The Kier molecular flexibility index (Phi) is 4.17. The van der Waals surface area contributed by atoms with Crippen molar-refractivity contribution in [1.82, 2.24) is 20.0 Å². The molecule has 100 valence electrons. The smallest absolute Gasteiger partial charge is 0.303 e. The van der Waals surface area contributed by atoms with E-state index in [1.807, 2.05) is 0 Å². The fraction of sp³-hybridized carbons (Fsp3) is 0.333. The number of pyridine rings is 1. The molecule has 7 heteroatoms. The Labute approximate surface area is 108 Å². The minimum Gasteiger partial charge on any atom is -0.481 e. The van der Waals surface area contributed by atoms with Gasteiger partial charge in [0.05, 0.1) is 30.0 Å². The van der Waals surface area contributed by atoms with Crippen LogP contribution in [0.2, 0.25) is 0 Å². The van der Waals surface area contributed by atoms with Crippen molar-refractivity contribution in [2.24, 2.45) is 0 Å². The fourth-order valence-corrected chi connectivity index (χ4v) is 1.65. The maximum atomic E-state index is 13.0. The second kappa shape index (κ2) is 6.03. The van der Waals surface area contributed by atoms with Crippen LogP contribution in [0, 0.1) is 5.82 Å². The normalized spacial score (nSPS) is 10.6. The van der Waals surface area contributed by atoms with E-state index in [2.05, 4.69) is 15.3 Å². The molecule has 2 aromatic rings. The third-order valence-electron chi connectivity index (χ3n) is 2.57. The van der Waals surface area contributed by atoms with Crippen molar-refractivity contribution in [3.05, 3.63) is 36.2 Å². The van der Waals surface area contributed by atoms with Gasteiger partial charge in [0.25, 0.3) is 0 Å². The molecule has 2 aromatic heterocycles. The molecule has 0 aromatic carbocycles. The summed E-state index contributed by atoms with van der Waals surface area (Å²) in [4.78, 5) is 14.1. The molecular formula is C12H13FN4O2. The van der Waals surface area contributed by atoms with Crippen LogP contribution in [0.3, 0.4) is 0 Å². The molecule has 0 aliphatic heterocycles. The summed E-state index contributed by atoms with van der Waals surface area (Å²) in [5, 5.41) is 16.4. The van der Waals surface area contributed by atoms with Crippen molar-refractivity contribution in [1.29, 1.82) is 0 Å². The molecule has 0 fully saturated rings. The average Bonchev–Trinajstić information content (AvgIpc) is 2.83. The van der Waals surface area contributed by atoms with Crippen LogP contribution in [-0.4, -0.2) is 31.1 Å². The number of rotatable bonds is 6.